The number of para-hydroxylation sites is 1. The summed E-state index contributed by atoms with van der Waals surface area (Å²) in [6.45, 7) is 5.73. The molecule has 2 unspecified atom stereocenters. The van der Waals surface area contributed by atoms with Crippen LogP contribution in [-0.4, -0.2) is 24.3 Å². The molecule has 2 atom stereocenters. The molecule has 0 spiro atoms. The first kappa shape index (κ1) is 15.3. The highest BCUT2D eigenvalue weighted by molar-refractivity contribution is 5.90. The maximum Gasteiger partial charge on any atom is 0.257 e. The molecule has 0 aromatic heterocycles. The topological polar surface area (TPSA) is 76.7 Å². The van der Waals surface area contributed by atoms with E-state index in [1.807, 2.05) is 51.1 Å². The molecule has 1 heterocycles. The third-order valence-corrected chi connectivity index (χ3v) is 3.42. The highest BCUT2D eigenvalue weighted by Gasteiger charge is 2.18. The van der Waals surface area contributed by atoms with Gasteiger partial charge in [-0.2, -0.15) is 5.10 Å². The van der Waals surface area contributed by atoms with Gasteiger partial charge in [0.15, 0.2) is 0 Å². The maximum atomic E-state index is 11.7. The number of hydrogen-bond donors (Lipinski definition) is 2. The van der Waals surface area contributed by atoms with E-state index in [0.717, 1.165) is 16.9 Å². The van der Waals surface area contributed by atoms with Crippen molar-refractivity contribution < 1.29 is 9.53 Å². The molecule has 5 nitrogen and oxygen atoms in total. The molecule has 112 valence electrons. The Morgan fingerprint density at radius 3 is 2.86 bits per heavy atom. The third-order valence-electron chi connectivity index (χ3n) is 3.42. The number of fused-ring (bicyclic) bond motifs is 1. The summed E-state index contributed by atoms with van der Waals surface area (Å²) in [6.07, 6.45) is 3.49. The molecule has 0 saturated heterocycles. The summed E-state index contributed by atoms with van der Waals surface area (Å²) in [5.74, 6) is 0.642. The highest BCUT2D eigenvalue weighted by Crippen LogP contribution is 2.28. The monoisotopic (exact) mass is 287 g/mol. The first-order valence-corrected chi connectivity index (χ1v) is 7.05. The van der Waals surface area contributed by atoms with Gasteiger partial charge in [-0.05, 0) is 25.0 Å². The Labute approximate surface area is 124 Å². The fraction of sp³-hybridized carbons (Fsp3) is 0.375. The quantitative estimate of drug-likeness (QED) is 0.656. The minimum absolute atomic E-state index is 0.0724. The third kappa shape index (κ3) is 3.70. The lowest BCUT2D eigenvalue weighted by molar-refractivity contribution is -0.123. The smallest absolute Gasteiger partial charge is 0.257 e. The molecule has 0 radical (unpaired) electrons. The lowest BCUT2D eigenvalue weighted by atomic mass is 10.0. The number of benzene rings is 1. The zero-order chi connectivity index (χ0) is 15.4. The molecule has 1 aromatic rings. The van der Waals surface area contributed by atoms with Gasteiger partial charge in [0.05, 0.1) is 12.3 Å². The standard InChI is InChI=1S/C16H21N3O2/c1-10(2)15(17)16(20)19-18-9-13-8-12-6-4-5-7-14(12)21-11(13)3/h4-11,15H,17H2,1-3H3,(H,19,20). The van der Waals surface area contributed by atoms with Crippen molar-refractivity contribution in [3.8, 4) is 5.75 Å². The van der Waals surface area contributed by atoms with Gasteiger partial charge in [0.25, 0.3) is 5.91 Å². The van der Waals surface area contributed by atoms with Gasteiger partial charge in [0.2, 0.25) is 0 Å². The number of ether oxygens (including phenoxy) is 1. The molecule has 2 rings (SSSR count). The van der Waals surface area contributed by atoms with Crippen molar-refractivity contribution in [2.24, 2.45) is 16.8 Å². The van der Waals surface area contributed by atoms with Gasteiger partial charge in [0, 0.05) is 11.1 Å². The van der Waals surface area contributed by atoms with Crippen molar-refractivity contribution in [3.05, 3.63) is 35.4 Å². The second-order valence-electron chi connectivity index (χ2n) is 5.45. The SMILES string of the molecule is CC1Oc2ccccc2C=C1C=NNC(=O)C(N)C(C)C. The van der Waals surface area contributed by atoms with Crippen LogP contribution >= 0.6 is 0 Å². The lowest BCUT2D eigenvalue weighted by Gasteiger charge is -2.22. The van der Waals surface area contributed by atoms with Gasteiger partial charge in [0.1, 0.15) is 11.9 Å². The Balaban J connectivity index is 2.04. The first-order chi connectivity index (χ1) is 9.99. The van der Waals surface area contributed by atoms with Crippen molar-refractivity contribution in [2.45, 2.75) is 32.9 Å². The Bertz CT molecular complexity index is 579. The maximum absolute atomic E-state index is 11.7. The van der Waals surface area contributed by atoms with Crippen LogP contribution in [0.3, 0.4) is 0 Å². The van der Waals surface area contributed by atoms with Gasteiger partial charge in [-0.25, -0.2) is 5.43 Å². The van der Waals surface area contributed by atoms with Crippen molar-refractivity contribution in [2.75, 3.05) is 0 Å². The largest absolute Gasteiger partial charge is 0.485 e. The van der Waals surface area contributed by atoms with Gasteiger partial charge in [-0.15, -0.1) is 0 Å². The van der Waals surface area contributed by atoms with Crippen molar-refractivity contribution in [1.29, 1.82) is 0 Å². The fourth-order valence-corrected chi connectivity index (χ4v) is 1.95. The normalized spacial score (nSPS) is 18.9. The van der Waals surface area contributed by atoms with Crippen LogP contribution in [0.2, 0.25) is 0 Å². The van der Waals surface area contributed by atoms with Crippen LogP contribution in [-0.2, 0) is 4.79 Å². The van der Waals surface area contributed by atoms with E-state index >= 15 is 0 Å². The second-order valence-corrected chi connectivity index (χ2v) is 5.45. The van der Waals surface area contributed by atoms with Crippen LogP contribution in [0.15, 0.2) is 34.9 Å². The second kappa shape index (κ2) is 6.54. The van der Waals surface area contributed by atoms with E-state index in [-0.39, 0.29) is 17.9 Å². The molecule has 0 saturated carbocycles. The minimum atomic E-state index is -0.558. The summed E-state index contributed by atoms with van der Waals surface area (Å²) < 4.78 is 5.79. The van der Waals surface area contributed by atoms with Gasteiger partial charge < -0.3 is 10.5 Å². The van der Waals surface area contributed by atoms with E-state index in [4.69, 9.17) is 10.5 Å². The predicted molar refractivity (Wildman–Crippen MR) is 84.0 cm³/mol. The number of amides is 1. The summed E-state index contributed by atoms with van der Waals surface area (Å²) in [4.78, 5) is 11.7. The molecule has 0 bridgehead atoms. The number of nitrogens with one attached hydrogen (secondary N) is 1. The Hall–Kier alpha value is -2.14. The molecular weight excluding hydrogens is 266 g/mol. The zero-order valence-electron chi connectivity index (χ0n) is 12.5. The van der Waals surface area contributed by atoms with E-state index in [9.17, 15) is 4.79 Å². The van der Waals surface area contributed by atoms with Crippen molar-refractivity contribution in [1.82, 2.24) is 5.43 Å². The van der Waals surface area contributed by atoms with Crippen LogP contribution in [0.5, 0.6) is 5.75 Å². The van der Waals surface area contributed by atoms with E-state index in [1.54, 1.807) is 6.21 Å². The summed E-state index contributed by atoms with van der Waals surface area (Å²) in [5.41, 5.74) is 10.1. The Morgan fingerprint density at radius 2 is 2.14 bits per heavy atom. The molecule has 1 aromatic carbocycles. The number of hydrogen-bond acceptors (Lipinski definition) is 4. The molecular formula is C16H21N3O2. The molecule has 0 fully saturated rings. The molecule has 1 aliphatic heterocycles. The molecule has 1 amide bonds. The highest BCUT2D eigenvalue weighted by atomic mass is 16.5. The summed E-state index contributed by atoms with van der Waals surface area (Å²) >= 11 is 0. The molecule has 1 aliphatic rings. The van der Waals surface area contributed by atoms with E-state index < -0.39 is 6.04 Å². The van der Waals surface area contributed by atoms with Crippen molar-refractivity contribution in [3.63, 3.8) is 0 Å². The van der Waals surface area contributed by atoms with Crippen LogP contribution < -0.4 is 15.9 Å². The number of nitrogens with zero attached hydrogens (tertiary/aromatic N) is 1. The average molecular weight is 287 g/mol. The molecule has 0 aliphatic carbocycles. The minimum Gasteiger partial charge on any atom is -0.485 e. The first-order valence-electron chi connectivity index (χ1n) is 7.05. The van der Waals surface area contributed by atoms with Gasteiger partial charge in [-0.3, -0.25) is 4.79 Å². The number of rotatable bonds is 4. The summed E-state index contributed by atoms with van der Waals surface area (Å²) in [5, 5.41) is 3.97. The Morgan fingerprint density at radius 1 is 1.43 bits per heavy atom. The summed E-state index contributed by atoms with van der Waals surface area (Å²) in [6, 6.07) is 7.23. The van der Waals surface area contributed by atoms with Crippen LogP contribution in [0.4, 0.5) is 0 Å². The van der Waals surface area contributed by atoms with Crippen molar-refractivity contribution >= 4 is 18.2 Å². The molecule has 3 N–H and O–H groups in total. The zero-order valence-corrected chi connectivity index (χ0v) is 12.5. The molecule has 5 heteroatoms. The van der Waals surface area contributed by atoms with Crippen LogP contribution in [0, 0.1) is 5.92 Å². The molecule has 21 heavy (non-hydrogen) atoms. The van der Waals surface area contributed by atoms with Crippen LogP contribution in [0.1, 0.15) is 26.3 Å². The average Bonchev–Trinajstić information content (AvgIpc) is 2.46. The predicted octanol–water partition coefficient (Wildman–Crippen LogP) is 1.94. The number of carbonyl (C=O) groups is 1. The summed E-state index contributed by atoms with van der Waals surface area (Å²) in [7, 11) is 0. The van der Waals surface area contributed by atoms with E-state index in [1.165, 1.54) is 0 Å². The van der Waals surface area contributed by atoms with Gasteiger partial charge in [-0.1, -0.05) is 32.0 Å². The fourth-order valence-electron chi connectivity index (χ4n) is 1.95. The Kier molecular flexibility index (Phi) is 4.75. The number of hydrazone groups is 1. The lowest BCUT2D eigenvalue weighted by Crippen LogP contribution is -2.42. The van der Waals surface area contributed by atoms with Crippen LogP contribution in [0.25, 0.3) is 6.08 Å². The van der Waals surface area contributed by atoms with Gasteiger partial charge >= 0.3 is 0 Å². The van der Waals surface area contributed by atoms with E-state index in [2.05, 4.69) is 10.5 Å². The number of nitrogens with two attached hydrogens (primary N) is 1. The number of carbonyl (C=O) groups excluding carboxylic acids is 1. The van der Waals surface area contributed by atoms with E-state index in [0.29, 0.717) is 0 Å².